The second-order valence-corrected chi connectivity index (χ2v) is 4.07. The Labute approximate surface area is 94.4 Å². The van der Waals surface area contributed by atoms with Crippen molar-refractivity contribution < 1.29 is 13.9 Å². The topological polar surface area (TPSA) is 26.3 Å². The summed E-state index contributed by atoms with van der Waals surface area (Å²) in [6, 6.07) is 5.10. The second-order valence-electron chi connectivity index (χ2n) is 4.07. The zero-order valence-corrected chi connectivity index (χ0v) is 9.33. The van der Waals surface area contributed by atoms with E-state index in [1.165, 1.54) is 6.07 Å². The molecule has 0 spiro atoms. The molecule has 1 unspecified atom stereocenters. The molecule has 2 nitrogen and oxygen atoms in total. The largest absolute Gasteiger partial charge is 0.466 e. The summed E-state index contributed by atoms with van der Waals surface area (Å²) in [7, 11) is 0. The van der Waals surface area contributed by atoms with Gasteiger partial charge in [-0.3, -0.25) is 4.79 Å². The molecule has 0 aliphatic heterocycles. The van der Waals surface area contributed by atoms with Gasteiger partial charge < -0.3 is 4.74 Å². The van der Waals surface area contributed by atoms with Gasteiger partial charge in [-0.1, -0.05) is 12.1 Å². The number of aryl methyl sites for hydroxylation is 1. The van der Waals surface area contributed by atoms with Crippen molar-refractivity contribution in [3.05, 3.63) is 35.1 Å². The molecule has 0 aromatic heterocycles. The highest BCUT2D eigenvalue weighted by atomic mass is 19.1. The number of carbonyl (C=O) groups excluding carboxylic acids is 1. The van der Waals surface area contributed by atoms with Crippen LogP contribution in [-0.2, 0) is 22.4 Å². The third kappa shape index (κ3) is 2.08. The summed E-state index contributed by atoms with van der Waals surface area (Å²) in [6.45, 7) is 2.18. The van der Waals surface area contributed by atoms with Crippen LogP contribution in [0, 0.1) is 11.7 Å². The molecule has 0 N–H and O–H groups in total. The first-order valence-corrected chi connectivity index (χ1v) is 5.65. The standard InChI is InChI=1S/C13H15FO2/c1-2-16-13(15)10-7-6-9-4-3-5-12(14)11(9)8-10/h3-5,10H,2,6-8H2,1H3. The van der Waals surface area contributed by atoms with Gasteiger partial charge in [0, 0.05) is 0 Å². The highest BCUT2D eigenvalue weighted by Crippen LogP contribution is 2.28. The van der Waals surface area contributed by atoms with Gasteiger partial charge in [0.2, 0.25) is 0 Å². The Morgan fingerprint density at radius 2 is 2.38 bits per heavy atom. The summed E-state index contributed by atoms with van der Waals surface area (Å²) < 4.78 is 18.5. The van der Waals surface area contributed by atoms with Crippen molar-refractivity contribution >= 4 is 5.97 Å². The number of fused-ring (bicyclic) bond motifs is 1. The van der Waals surface area contributed by atoms with Crippen LogP contribution in [0.1, 0.15) is 24.5 Å². The fourth-order valence-electron chi connectivity index (χ4n) is 2.21. The Hall–Kier alpha value is -1.38. The first-order chi connectivity index (χ1) is 7.72. The van der Waals surface area contributed by atoms with Crippen LogP contribution in [0.4, 0.5) is 4.39 Å². The van der Waals surface area contributed by atoms with Crippen LogP contribution < -0.4 is 0 Å². The Morgan fingerprint density at radius 1 is 1.56 bits per heavy atom. The van der Waals surface area contributed by atoms with E-state index in [4.69, 9.17) is 4.74 Å². The van der Waals surface area contributed by atoms with Crippen molar-refractivity contribution in [1.29, 1.82) is 0 Å². The molecule has 1 atom stereocenters. The molecule has 0 saturated heterocycles. The molecule has 1 aliphatic carbocycles. The lowest BCUT2D eigenvalue weighted by molar-refractivity contribution is -0.148. The summed E-state index contributed by atoms with van der Waals surface area (Å²) in [6.07, 6.45) is 1.99. The molecule has 86 valence electrons. The Morgan fingerprint density at radius 3 is 3.12 bits per heavy atom. The maximum absolute atomic E-state index is 13.5. The summed E-state index contributed by atoms with van der Waals surface area (Å²) in [5.74, 6) is -0.577. The third-order valence-electron chi connectivity index (χ3n) is 3.05. The van der Waals surface area contributed by atoms with Gasteiger partial charge in [-0.15, -0.1) is 0 Å². The van der Waals surface area contributed by atoms with Gasteiger partial charge in [0.1, 0.15) is 5.82 Å². The molecular weight excluding hydrogens is 207 g/mol. The monoisotopic (exact) mass is 222 g/mol. The van der Waals surface area contributed by atoms with E-state index in [0.29, 0.717) is 18.6 Å². The number of benzene rings is 1. The van der Waals surface area contributed by atoms with Crippen LogP contribution in [0.2, 0.25) is 0 Å². The van der Waals surface area contributed by atoms with E-state index in [9.17, 15) is 9.18 Å². The van der Waals surface area contributed by atoms with Gasteiger partial charge in [0.05, 0.1) is 12.5 Å². The van der Waals surface area contributed by atoms with Gasteiger partial charge in [0.25, 0.3) is 0 Å². The minimum absolute atomic E-state index is 0.177. The zero-order valence-electron chi connectivity index (χ0n) is 9.33. The molecule has 0 heterocycles. The van der Waals surface area contributed by atoms with E-state index in [-0.39, 0.29) is 17.7 Å². The first-order valence-electron chi connectivity index (χ1n) is 5.65. The van der Waals surface area contributed by atoms with Gasteiger partial charge in [-0.05, 0) is 43.4 Å². The molecular formula is C13H15FO2. The van der Waals surface area contributed by atoms with Crippen LogP contribution >= 0.6 is 0 Å². The van der Waals surface area contributed by atoms with Crippen molar-refractivity contribution in [2.45, 2.75) is 26.2 Å². The van der Waals surface area contributed by atoms with E-state index < -0.39 is 0 Å². The Balaban J connectivity index is 2.17. The van der Waals surface area contributed by atoms with Crippen molar-refractivity contribution in [1.82, 2.24) is 0 Å². The quantitative estimate of drug-likeness (QED) is 0.719. The van der Waals surface area contributed by atoms with Gasteiger partial charge in [0.15, 0.2) is 0 Å². The summed E-state index contributed by atoms with van der Waals surface area (Å²) in [5.41, 5.74) is 1.72. The highest BCUT2D eigenvalue weighted by Gasteiger charge is 2.27. The summed E-state index contributed by atoms with van der Waals surface area (Å²) in [5, 5.41) is 0. The van der Waals surface area contributed by atoms with Crippen molar-refractivity contribution in [2.24, 2.45) is 5.92 Å². The van der Waals surface area contributed by atoms with Crippen molar-refractivity contribution in [2.75, 3.05) is 6.61 Å². The lowest BCUT2D eigenvalue weighted by atomic mass is 9.83. The minimum atomic E-state index is -0.202. The van der Waals surface area contributed by atoms with E-state index in [0.717, 1.165) is 18.4 Å². The average molecular weight is 222 g/mol. The normalized spacial score (nSPS) is 19.0. The molecule has 2 rings (SSSR count). The van der Waals surface area contributed by atoms with Gasteiger partial charge in [-0.2, -0.15) is 0 Å². The number of carbonyl (C=O) groups is 1. The predicted octanol–water partition coefficient (Wildman–Crippen LogP) is 2.49. The van der Waals surface area contributed by atoms with Crippen molar-refractivity contribution in [3.8, 4) is 0 Å². The SMILES string of the molecule is CCOC(=O)C1CCc2cccc(F)c2C1. The fraction of sp³-hybridized carbons (Fsp3) is 0.462. The van der Waals surface area contributed by atoms with E-state index >= 15 is 0 Å². The van der Waals surface area contributed by atoms with Gasteiger partial charge in [-0.25, -0.2) is 4.39 Å². The lowest BCUT2D eigenvalue weighted by Gasteiger charge is -2.23. The second kappa shape index (κ2) is 4.64. The third-order valence-corrected chi connectivity index (χ3v) is 3.05. The van der Waals surface area contributed by atoms with Crippen LogP contribution in [0.5, 0.6) is 0 Å². The van der Waals surface area contributed by atoms with Crippen LogP contribution in [0.25, 0.3) is 0 Å². The molecule has 16 heavy (non-hydrogen) atoms. The predicted molar refractivity (Wildman–Crippen MR) is 58.5 cm³/mol. The van der Waals surface area contributed by atoms with Crippen molar-refractivity contribution in [3.63, 3.8) is 0 Å². The zero-order chi connectivity index (χ0) is 11.5. The summed E-state index contributed by atoms with van der Waals surface area (Å²) >= 11 is 0. The first kappa shape index (κ1) is 11.1. The smallest absolute Gasteiger partial charge is 0.309 e. The maximum atomic E-state index is 13.5. The average Bonchev–Trinajstić information content (AvgIpc) is 2.29. The number of halogens is 1. The van der Waals surface area contributed by atoms with Gasteiger partial charge >= 0.3 is 5.97 Å². The molecule has 0 fully saturated rings. The summed E-state index contributed by atoms with van der Waals surface area (Å²) in [4.78, 5) is 11.6. The minimum Gasteiger partial charge on any atom is -0.466 e. The van der Waals surface area contributed by atoms with E-state index in [2.05, 4.69) is 0 Å². The number of esters is 1. The molecule has 1 aromatic carbocycles. The maximum Gasteiger partial charge on any atom is 0.309 e. The fourth-order valence-corrected chi connectivity index (χ4v) is 2.21. The van der Waals surface area contributed by atoms with Crippen LogP contribution in [0.3, 0.4) is 0 Å². The molecule has 0 saturated carbocycles. The molecule has 3 heteroatoms. The number of hydrogen-bond acceptors (Lipinski definition) is 2. The molecule has 0 radical (unpaired) electrons. The van der Waals surface area contributed by atoms with E-state index in [1.54, 1.807) is 13.0 Å². The highest BCUT2D eigenvalue weighted by molar-refractivity contribution is 5.73. The lowest BCUT2D eigenvalue weighted by Crippen LogP contribution is -2.25. The van der Waals surface area contributed by atoms with Crippen LogP contribution in [-0.4, -0.2) is 12.6 Å². The number of hydrogen-bond donors (Lipinski definition) is 0. The Bertz CT molecular complexity index is 401. The number of ether oxygens (including phenoxy) is 1. The van der Waals surface area contributed by atoms with Crippen LogP contribution in [0.15, 0.2) is 18.2 Å². The molecule has 1 aromatic rings. The molecule has 0 bridgehead atoms. The van der Waals surface area contributed by atoms with E-state index in [1.807, 2.05) is 6.07 Å². The molecule has 0 amide bonds. The Kier molecular flexibility index (Phi) is 3.22. The molecule has 1 aliphatic rings. The number of rotatable bonds is 2.